The zero-order chi connectivity index (χ0) is 17.6. The molecular formula is C18H28N2O3. The molecule has 0 spiro atoms. The number of anilines is 1. The molecule has 0 aliphatic rings. The molecule has 0 unspecified atom stereocenters. The Morgan fingerprint density at radius 3 is 2.26 bits per heavy atom. The summed E-state index contributed by atoms with van der Waals surface area (Å²) >= 11 is 0. The molecule has 2 N–H and O–H groups in total. The highest BCUT2D eigenvalue weighted by molar-refractivity contribution is 5.90. The smallest absolute Gasteiger partial charge is 0.319 e. The lowest BCUT2D eigenvalue weighted by atomic mass is 10.1. The average molecular weight is 320 g/mol. The number of ether oxygens (including phenoxy) is 1. The molecule has 5 nitrogen and oxygen atoms in total. The first-order valence-corrected chi connectivity index (χ1v) is 7.93. The Bertz CT molecular complexity index is 574. The van der Waals surface area contributed by atoms with Gasteiger partial charge in [0, 0.05) is 18.7 Å². The second kappa shape index (κ2) is 7.99. The zero-order valence-electron chi connectivity index (χ0n) is 15.0. The van der Waals surface area contributed by atoms with Crippen molar-refractivity contribution in [3.05, 3.63) is 28.8 Å². The molecule has 0 bridgehead atoms. The van der Waals surface area contributed by atoms with E-state index in [2.05, 4.69) is 10.6 Å². The summed E-state index contributed by atoms with van der Waals surface area (Å²) in [7, 11) is 0. The second-order valence-corrected chi connectivity index (χ2v) is 6.82. The van der Waals surface area contributed by atoms with Crippen LogP contribution in [0.15, 0.2) is 12.1 Å². The van der Waals surface area contributed by atoms with Crippen molar-refractivity contribution >= 4 is 17.7 Å². The minimum absolute atomic E-state index is 0.246. The minimum atomic E-state index is -0.470. The van der Waals surface area contributed by atoms with Crippen molar-refractivity contribution in [3.63, 3.8) is 0 Å². The lowest BCUT2D eigenvalue weighted by Crippen LogP contribution is -2.30. The van der Waals surface area contributed by atoms with Crippen molar-refractivity contribution in [2.24, 2.45) is 0 Å². The summed E-state index contributed by atoms with van der Waals surface area (Å²) in [5.41, 5.74) is 3.69. The van der Waals surface area contributed by atoms with Gasteiger partial charge in [-0.05, 0) is 70.7 Å². The number of aryl methyl sites for hydroxylation is 3. The molecule has 0 atom stereocenters. The number of urea groups is 1. The summed E-state index contributed by atoms with van der Waals surface area (Å²) in [5, 5.41) is 5.59. The second-order valence-electron chi connectivity index (χ2n) is 6.82. The molecule has 1 aromatic rings. The Kier molecular flexibility index (Phi) is 6.61. The maximum absolute atomic E-state index is 11.9. The molecule has 0 saturated heterocycles. The molecule has 0 heterocycles. The van der Waals surface area contributed by atoms with Crippen molar-refractivity contribution in [1.82, 2.24) is 5.32 Å². The number of benzene rings is 1. The van der Waals surface area contributed by atoms with Crippen LogP contribution in [0.1, 0.15) is 50.3 Å². The predicted molar refractivity (Wildman–Crippen MR) is 92.8 cm³/mol. The van der Waals surface area contributed by atoms with Crippen LogP contribution in [-0.2, 0) is 9.53 Å². The van der Waals surface area contributed by atoms with E-state index in [9.17, 15) is 9.59 Å². The fraction of sp³-hybridized carbons (Fsp3) is 0.556. The van der Waals surface area contributed by atoms with E-state index in [4.69, 9.17) is 4.74 Å². The molecule has 1 aromatic carbocycles. The van der Waals surface area contributed by atoms with Crippen LogP contribution in [0.3, 0.4) is 0 Å². The third-order valence-corrected chi connectivity index (χ3v) is 3.35. The largest absolute Gasteiger partial charge is 0.460 e. The summed E-state index contributed by atoms with van der Waals surface area (Å²) in [5.74, 6) is -0.246. The van der Waals surface area contributed by atoms with E-state index in [1.807, 2.05) is 53.7 Å². The standard InChI is InChI=1S/C18H28N2O3/c1-12-10-14(3)15(11-13(12)2)20-17(22)19-9-7-8-16(21)23-18(4,5)6/h10-11H,7-9H2,1-6H3,(H2,19,20,22). The van der Waals surface area contributed by atoms with Gasteiger partial charge in [-0.25, -0.2) is 4.79 Å². The average Bonchev–Trinajstić information content (AvgIpc) is 2.39. The Morgan fingerprint density at radius 1 is 1.04 bits per heavy atom. The monoisotopic (exact) mass is 320 g/mol. The van der Waals surface area contributed by atoms with Crippen molar-refractivity contribution in [3.8, 4) is 0 Å². The van der Waals surface area contributed by atoms with Crippen LogP contribution in [0.4, 0.5) is 10.5 Å². The fourth-order valence-electron chi connectivity index (χ4n) is 2.09. The van der Waals surface area contributed by atoms with Gasteiger partial charge in [-0.1, -0.05) is 6.07 Å². The molecule has 0 aliphatic heterocycles. The highest BCUT2D eigenvalue weighted by Gasteiger charge is 2.15. The minimum Gasteiger partial charge on any atom is -0.460 e. The number of amides is 2. The Labute approximate surface area is 138 Å². The van der Waals surface area contributed by atoms with E-state index in [0.717, 1.165) is 16.8 Å². The van der Waals surface area contributed by atoms with Gasteiger partial charge < -0.3 is 15.4 Å². The first-order valence-electron chi connectivity index (χ1n) is 7.93. The summed E-state index contributed by atoms with van der Waals surface area (Å²) < 4.78 is 5.21. The van der Waals surface area contributed by atoms with Gasteiger partial charge >= 0.3 is 12.0 Å². The van der Waals surface area contributed by atoms with Gasteiger partial charge in [0.15, 0.2) is 0 Å². The van der Waals surface area contributed by atoms with E-state index in [1.54, 1.807) is 0 Å². The van der Waals surface area contributed by atoms with Crippen molar-refractivity contribution in [1.29, 1.82) is 0 Å². The summed E-state index contributed by atoms with van der Waals surface area (Å²) in [6, 6.07) is 3.75. The number of hydrogen-bond acceptors (Lipinski definition) is 3. The lowest BCUT2D eigenvalue weighted by Gasteiger charge is -2.19. The normalized spacial score (nSPS) is 11.0. The quantitative estimate of drug-likeness (QED) is 0.639. The Morgan fingerprint density at radius 2 is 1.65 bits per heavy atom. The molecule has 0 fully saturated rings. The molecule has 128 valence electrons. The van der Waals surface area contributed by atoms with E-state index in [1.165, 1.54) is 5.56 Å². The van der Waals surface area contributed by atoms with Crippen molar-refractivity contribution in [2.75, 3.05) is 11.9 Å². The molecule has 0 radical (unpaired) electrons. The van der Waals surface area contributed by atoms with Gasteiger partial charge in [0.05, 0.1) is 0 Å². The maximum Gasteiger partial charge on any atom is 0.319 e. The Hall–Kier alpha value is -2.04. The van der Waals surface area contributed by atoms with Gasteiger partial charge in [-0.2, -0.15) is 0 Å². The van der Waals surface area contributed by atoms with Gasteiger partial charge in [0.25, 0.3) is 0 Å². The number of rotatable bonds is 5. The molecule has 2 amide bonds. The van der Waals surface area contributed by atoms with E-state index < -0.39 is 5.60 Å². The molecule has 0 aromatic heterocycles. The van der Waals surface area contributed by atoms with Crippen LogP contribution in [0.25, 0.3) is 0 Å². The van der Waals surface area contributed by atoms with E-state index in [-0.39, 0.29) is 12.0 Å². The van der Waals surface area contributed by atoms with Gasteiger partial charge in [-0.3, -0.25) is 4.79 Å². The van der Waals surface area contributed by atoms with Gasteiger partial charge in [0.1, 0.15) is 5.60 Å². The SMILES string of the molecule is Cc1cc(C)c(NC(=O)NCCCC(=O)OC(C)(C)C)cc1C. The summed E-state index contributed by atoms with van der Waals surface area (Å²) in [6.45, 7) is 12.0. The first-order chi connectivity index (χ1) is 10.6. The third kappa shape index (κ3) is 7.17. The van der Waals surface area contributed by atoms with Crippen molar-refractivity contribution < 1.29 is 14.3 Å². The van der Waals surface area contributed by atoms with Crippen LogP contribution in [0.5, 0.6) is 0 Å². The number of esters is 1. The highest BCUT2D eigenvalue weighted by atomic mass is 16.6. The number of hydrogen-bond donors (Lipinski definition) is 2. The zero-order valence-corrected chi connectivity index (χ0v) is 15.0. The molecule has 5 heteroatoms. The lowest BCUT2D eigenvalue weighted by molar-refractivity contribution is -0.154. The summed E-state index contributed by atoms with van der Waals surface area (Å²) in [4.78, 5) is 23.5. The molecule has 23 heavy (non-hydrogen) atoms. The predicted octanol–water partition coefficient (Wildman–Crippen LogP) is 3.86. The third-order valence-electron chi connectivity index (χ3n) is 3.35. The number of carbonyl (C=O) groups excluding carboxylic acids is 2. The molecular weight excluding hydrogens is 292 g/mol. The van der Waals surface area contributed by atoms with Crippen LogP contribution in [-0.4, -0.2) is 24.1 Å². The maximum atomic E-state index is 11.9. The van der Waals surface area contributed by atoms with Gasteiger partial charge in [0.2, 0.25) is 0 Å². The molecule has 0 saturated carbocycles. The number of carbonyl (C=O) groups is 2. The van der Waals surface area contributed by atoms with Crippen LogP contribution < -0.4 is 10.6 Å². The van der Waals surface area contributed by atoms with Crippen LogP contribution in [0, 0.1) is 20.8 Å². The van der Waals surface area contributed by atoms with E-state index in [0.29, 0.717) is 19.4 Å². The number of nitrogens with one attached hydrogen (secondary N) is 2. The van der Waals surface area contributed by atoms with E-state index >= 15 is 0 Å². The topological polar surface area (TPSA) is 67.4 Å². The molecule has 1 rings (SSSR count). The highest BCUT2D eigenvalue weighted by Crippen LogP contribution is 2.19. The first kappa shape index (κ1) is 19.0. The van der Waals surface area contributed by atoms with Crippen LogP contribution in [0.2, 0.25) is 0 Å². The molecule has 0 aliphatic carbocycles. The Balaban J connectivity index is 2.36. The van der Waals surface area contributed by atoms with Gasteiger partial charge in [-0.15, -0.1) is 0 Å². The van der Waals surface area contributed by atoms with Crippen molar-refractivity contribution in [2.45, 2.75) is 60.0 Å². The fourth-order valence-corrected chi connectivity index (χ4v) is 2.09. The summed E-state index contributed by atoms with van der Waals surface area (Å²) in [6.07, 6.45) is 0.842. The van der Waals surface area contributed by atoms with Crippen LogP contribution >= 0.6 is 0 Å².